The van der Waals surface area contributed by atoms with Crippen molar-refractivity contribution in [2.75, 3.05) is 0 Å². The van der Waals surface area contributed by atoms with Crippen molar-refractivity contribution in [1.29, 1.82) is 0 Å². The number of H-pyrrole nitrogens is 2. The molecule has 0 bridgehead atoms. The third-order valence-corrected chi connectivity index (χ3v) is 1.56. The summed E-state index contributed by atoms with van der Waals surface area (Å²) >= 11 is 4.92. The lowest BCUT2D eigenvalue weighted by Crippen LogP contribution is -2.23. The Morgan fingerprint density at radius 2 is 2.00 bits per heavy atom. The lowest BCUT2D eigenvalue weighted by atomic mass is 10.4. The molecular formula is C8H10N2S. The van der Waals surface area contributed by atoms with E-state index in [1.807, 2.05) is 19.1 Å². The van der Waals surface area contributed by atoms with Crippen LogP contribution in [0.3, 0.4) is 0 Å². The minimum atomic E-state index is 0.645. The molecule has 1 rings (SSSR count). The van der Waals surface area contributed by atoms with E-state index in [4.69, 9.17) is 12.2 Å². The first kappa shape index (κ1) is 8.01. The van der Waals surface area contributed by atoms with Crippen molar-refractivity contribution in [3.63, 3.8) is 0 Å². The van der Waals surface area contributed by atoms with Gasteiger partial charge < -0.3 is 9.97 Å². The van der Waals surface area contributed by atoms with Gasteiger partial charge in [-0.2, -0.15) is 0 Å². The predicted molar refractivity (Wildman–Crippen MR) is 50.0 cm³/mol. The van der Waals surface area contributed by atoms with Gasteiger partial charge in [0.15, 0.2) is 4.77 Å². The third kappa shape index (κ3) is 1.68. The SMILES string of the molecule is C=C/C=c1/[nH]c(=S)[nH]/c1=C/C. The quantitative estimate of drug-likeness (QED) is 0.595. The number of hydrogen-bond acceptors (Lipinski definition) is 1. The molecule has 0 unspecified atom stereocenters. The number of nitrogens with one attached hydrogen (secondary N) is 2. The van der Waals surface area contributed by atoms with Crippen molar-refractivity contribution in [2.45, 2.75) is 6.92 Å². The van der Waals surface area contributed by atoms with Crippen molar-refractivity contribution in [3.05, 3.63) is 28.1 Å². The van der Waals surface area contributed by atoms with E-state index in [2.05, 4.69) is 16.5 Å². The molecular weight excluding hydrogens is 156 g/mol. The van der Waals surface area contributed by atoms with Gasteiger partial charge >= 0.3 is 0 Å². The highest BCUT2D eigenvalue weighted by atomic mass is 32.1. The van der Waals surface area contributed by atoms with Gasteiger partial charge in [-0.05, 0) is 25.2 Å². The Morgan fingerprint density at radius 1 is 1.36 bits per heavy atom. The van der Waals surface area contributed by atoms with Crippen molar-refractivity contribution in [3.8, 4) is 0 Å². The van der Waals surface area contributed by atoms with Crippen LogP contribution in [0.5, 0.6) is 0 Å². The number of aromatic amines is 2. The summed E-state index contributed by atoms with van der Waals surface area (Å²) in [4.78, 5) is 6.00. The number of aromatic nitrogens is 2. The van der Waals surface area contributed by atoms with E-state index in [0.29, 0.717) is 4.77 Å². The van der Waals surface area contributed by atoms with Gasteiger partial charge in [0.2, 0.25) is 0 Å². The molecule has 0 amide bonds. The Bertz CT molecular complexity index is 408. The lowest BCUT2D eigenvalue weighted by molar-refractivity contribution is 1.24. The maximum Gasteiger partial charge on any atom is 0.175 e. The number of allylic oxidation sites excluding steroid dienone is 1. The second-order valence-corrected chi connectivity index (χ2v) is 2.51. The average Bonchev–Trinajstić information content (AvgIpc) is 2.32. The van der Waals surface area contributed by atoms with Crippen LogP contribution in [0.15, 0.2) is 12.7 Å². The van der Waals surface area contributed by atoms with Gasteiger partial charge in [0, 0.05) is 0 Å². The van der Waals surface area contributed by atoms with Crippen LogP contribution < -0.4 is 10.7 Å². The zero-order chi connectivity index (χ0) is 8.27. The molecule has 0 aliphatic heterocycles. The predicted octanol–water partition coefficient (Wildman–Crippen LogP) is 0.839. The average molecular weight is 166 g/mol. The van der Waals surface area contributed by atoms with Crippen molar-refractivity contribution in [1.82, 2.24) is 9.97 Å². The molecule has 1 aromatic rings. The zero-order valence-electron chi connectivity index (χ0n) is 6.35. The molecule has 0 aliphatic rings. The van der Waals surface area contributed by atoms with Gasteiger partial charge in [-0.15, -0.1) is 0 Å². The molecule has 0 aliphatic carbocycles. The Balaban J connectivity index is 3.61. The fourth-order valence-corrected chi connectivity index (χ4v) is 1.11. The minimum absolute atomic E-state index is 0.645. The van der Waals surface area contributed by atoms with Gasteiger partial charge in [-0.1, -0.05) is 18.7 Å². The van der Waals surface area contributed by atoms with E-state index < -0.39 is 0 Å². The van der Waals surface area contributed by atoms with Crippen LogP contribution in [-0.4, -0.2) is 9.97 Å². The van der Waals surface area contributed by atoms with Gasteiger partial charge in [-0.25, -0.2) is 0 Å². The van der Waals surface area contributed by atoms with Crippen LogP contribution in [0.2, 0.25) is 0 Å². The Morgan fingerprint density at radius 3 is 2.55 bits per heavy atom. The number of hydrogen-bond donors (Lipinski definition) is 2. The highest BCUT2D eigenvalue weighted by Gasteiger charge is 1.83. The van der Waals surface area contributed by atoms with Crippen molar-refractivity contribution < 1.29 is 0 Å². The Labute approximate surface area is 70.0 Å². The maximum atomic E-state index is 4.92. The fraction of sp³-hybridized carbons (Fsp3) is 0.125. The molecule has 0 radical (unpaired) electrons. The summed E-state index contributed by atoms with van der Waals surface area (Å²) in [6, 6.07) is 0. The lowest BCUT2D eigenvalue weighted by Gasteiger charge is -1.73. The minimum Gasteiger partial charge on any atom is -0.331 e. The highest BCUT2D eigenvalue weighted by molar-refractivity contribution is 7.71. The standard InChI is InChI=1S/C8H10N2S/c1-3-5-7-6(4-2)9-8(11)10-7/h3-5H,1H2,2H3,(H2,9,10,11)/b6-4+,7-5+. The van der Waals surface area contributed by atoms with Gasteiger partial charge in [-0.3, -0.25) is 0 Å². The van der Waals surface area contributed by atoms with E-state index in [-0.39, 0.29) is 0 Å². The molecule has 0 atom stereocenters. The summed E-state index contributed by atoms with van der Waals surface area (Å²) in [5, 5.41) is 1.99. The molecule has 2 N–H and O–H groups in total. The zero-order valence-corrected chi connectivity index (χ0v) is 7.16. The first-order valence-electron chi connectivity index (χ1n) is 3.35. The Hall–Kier alpha value is -1.09. The molecule has 11 heavy (non-hydrogen) atoms. The third-order valence-electron chi connectivity index (χ3n) is 1.36. The summed E-state index contributed by atoms with van der Waals surface area (Å²) < 4.78 is 0.645. The van der Waals surface area contributed by atoms with Crippen molar-refractivity contribution in [2.24, 2.45) is 0 Å². The molecule has 58 valence electrons. The number of rotatable bonds is 1. The summed E-state index contributed by atoms with van der Waals surface area (Å²) in [7, 11) is 0. The monoisotopic (exact) mass is 166 g/mol. The van der Waals surface area contributed by atoms with Crippen LogP contribution in [0.4, 0.5) is 0 Å². The summed E-state index contributed by atoms with van der Waals surface area (Å²) in [6.45, 7) is 5.56. The molecule has 2 nitrogen and oxygen atoms in total. The normalized spacial score (nSPS) is 13.9. The van der Waals surface area contributed by atoms with Crippen molar-refractivity contribution >= 4 is 24.4 Å². The topological polar surface area (TPSA) is 31.6 Å². The van der Waals surface area contributed by atoms with E-state index in [0.717, 1.165) is 10.7 Å². The second kappa shape index (κ2) is 3.34. The summed E-state index contributed by atoms with van der Waals surface area (Å²) in [5.41, 5.74) is 0. The van der Waals surface area contributed by atoms with Crippen LogP contribution in [0.25, 0.3) is 12.2 Å². The van der Waals surface area contributed by atoms with E-state index in [1.54, 1.807) is 6.08 Å². The molecule has 0 aromatic carbocycles. The Kier molecular flexibility index (Phi) is 2.44. The second-order valence-electron chi connectivity index (χ2n) is 2.10. The fourth-order valence-electron chi connectivity index (χ4n) is 0.888. The summed E-state index contributed by atoms with van der Waals surface area (Å²) in [6.07, 6.45) is 5.56. The first-order chi connectivity index (χ1) is 5.27. The smallest absolute Gasteiger partial charge is 0.175 e. The number of imidazole rings is 1. The first-order valence-corrected chi connectivity index (χ1v) is 3.76. The maximum absolute atomic E-state index is 4.92. The van der Waals surface area contributed by atoms with Gasteiger partial charge in [0.05, 0.1) is 10.7 Å². The van der Waals surface area contributed by atoms with Gasteiger partial charge in [0.1, 0.15) is 0 Å². The molecule has 0 saturated carbocycles. The largest absolute Gasteiger partial charge is 0.331 e. The van der Waals surface area contributed by atoms with Crippen LogP contribution in [0.1, 0.15) is 6.92 Å². The highest BCUT2D eigenvalue weighted by Crippen LogP contribution is 1.67. The molecule has 0 spiro atoms. The molecule has 3 heteroatoms. The molecule has 1 heterocycles. The molecule has 0 saturated heterocycles. The van der Waals surface area contributed by atoms with E-state index in [1.165, 1.54) is 0 Å². The summed E-state index contributed by atoms with van der Waals surface area (Å²) in [5.74, 6) is 0. The van der Waals surface area contributed by atoms with Crippen LogP contribution in [0, 0.1) is 4.77 Å². The van der Waals surface area contributed by atoms with Gasteiger partial charge in [0.25, 0.3) is 0 Å². The van der Waals surface area contributed by atoms with E-state index >= 15 is 0 Å². The molecule has 1 aromatic heterocycles. The van der Waals surface area contributed by atoms with E-state index in [9.17, 15) is 0 Å². The van der Waals surface area contributed by atoms with Crippen LogP contribution >= 0.6 is 12.2 Å². The van der Waals surface area contributed by atoms with Crippen LogP contribution in [-0.2, 0) is 0 Å². The molecule has 0 fully saturated rings.